The van der Waals surface area contributed by atoms with Crippen molar-refractivity contribution >= 4 is 40.5 Å². The van der Waals surface area contributed by atoms with Crippen LogP contribution in [0.2, 0.25) is 10.0 Å². The number of nitro benzene ring substituents is 1. The minimum atomic E-state index is -0.437. The zero-order chi connectivity index (χ0) is 22.7. The minimum Gasteiger partial charge on any atom is -0.441 e. The summed E-state index contributed by atoms with van der Waals surface area (Å²) in [6, 6.07) is 11.9. The van der Waals surface area contributed by atoms with Gasteiger partial charge in [-0.25, -0.2) is 4.98 Å². The third kappa shape index (κ3) is 5.03. The van der Waals surface area contributed by atoms with Crippen LogP contribution in [0.3, 0.4) is 0 Å². The van der Waals surface area contributed by atoms with Gasteiger partial charge in [-0.2, -0.15) is 0 Å². The number of halogens is 2. The standard InChI is InChI=1S/C22H20Cl2N4O4/c23-16-3-1-15(2-4-16)20-14-25-21(32-20)7-8-22(29)27-11-9-26(10-12-27)18-6-5-17(24)13-19(18)28(30)31/h1-6,13-14H,7-12H2. The lowest BCUT2D eigenvalue weighted by atomic mass is 10.2. The zero-order valence-electron chi connectivity index (χ0n) is 17.0. The average Bonchev–Trinajstić information content (AvgIpc) is 3.27. The van der Waals surface area contributed by atoms with Crippen molar-refractivity contribution in [3.8, 4) is 11.3 Å². The Morgan fingerprint density at radius 3 is 2.44 bits per heavy atom. The second kappa shape index (κ2) is 9.58. The summed E-state index contributed by atoms with van der Waals surface area (Å²) >= 11 is 11.8. The summed E-state index contributed by atoms with van der Waals surface area (Å²) in [4.78, 5) is 31.5. The number of carbonyl (C=O) groups is 1. The number of aromatic nitrogens is 1. The highest BCUT2D eigenvalue weighted by molar-refractivity contribution is 6.31. The first-order valence-corrected chi connectivity index (χ1v) is 10.8. The summed E-state index contributed by atoms with van der Waals surface area (Å²) in [5.41, 5.74) is 1.35. The van der Waals surface area contributed by atoms with Crippen molar-refractivity contribution in [3.05, 3.63) is 74.7 Å². The van der Waals surface area contributed by atoms with Gasteiger partial charge in [-0.3, -0.25) is 14.9 Å². The van der Waals surface area contributed by atoms with E-state index in [1.54, 1.807) is 35.4 Å². The molecule has 0 unspecified atom stereocenters. The second-order valence-electron chi connectivity index (χ2n) is 7.38. The number of carbonyl (C=O) groups excluding carboxylic acids is 1. The summed E-state index contributed by atoms with van der Waals surface area (Å²) in [6.07, 6.45) is 2.32. The molecule has 8 nitrogen and oxygen atoms in total. The molecule has 0 aliphatic carbocycles. The first-order chi connectivity index (χ1) is 15.4. The SMILES string of the molecule is O=C(CCc1ncc(-c2ccc(Cl)cc2)o1)N1CCN(c2ccc(Cl)cc2[N+](=O)[O-])CC1. The highest BCUT2D eigenvalue weighted by atomic mass is 35.5. The van der Waals surface area contributed by atoms with E-state index in [0.717, 1.165) is 5.56 Å². The van der Waals surface area contributed by atoms with Crippen molar-refractivity contribution in [2.75, 3.05) is 31.1 Å². The Bertz CT molecular complexity index is 1130. The van der Waals surface area contributed by atoms with Crippen LogP contribution < -0.4 is 4.90 Å². The maximum atomic E-state index is 12.6. The number of amides is 1. The first-order valence-electron chi connectivity index (χ1n) is 10.1. The van der Waals surface area contributed by atoms with Crippen LogP contribution in [0.25, 0.3) is 11.3 Å². The van der Waals surface area contributed by atoms with Crippen molar-refractivity contribution in [2.24, 2.45) is 0 Å². The molecule has 0 saturated carbocycles. The van der Waals surface area contributed by atoms with Crippen LogP contribution in [0.15, 0.2) is 53.1 Å². The Hall–Kier alpha value is -3.10. The lowest BCUT2D eigenvalue weighted by molar-refractivity contribution is -0.384. The van der Waals surface area contributed by atoms with Crippen molar-refractivity contribution in [3.63, 3.8) is 0 Å². The molecule has 166 valence electrons. The third-order valence-electron chi connectivity index (χ3n) is 5.34. The molecular formula is C22H20Cl2N4O4. The summed E-state index contributed by atoms with van der Waals surface area (Å²) in [7, 11) is 0. The van der Waals surface area contributed by atoms with Crippen molar-refractivity contribution < 1.29 is 14.1 Å². The van der Waals surface area contributed by atoms with Crippen LogP contribution in [0, 0.1) is 10.1 Å². The predicted molar refractivity (Wildman–Crippen MR) is 122 cm³/mol. The molecular weight excluding hydrogens is 455 g/mol. The number of hydrogen-bond donors (Lipinski definition) is 0. The zero-order valence-corrected chi connectivity index (χ0v) is 18.6. The van der Waals surface area contributed by atoms with E-state index >= 15 is 0 Å². The Kier molecular flexibility index (Phi) is 6.62. The Morgan fingerprint density at radius 2 is 1.75 bits per heavy atom. The monoisotopic (exact) mass is 474 g/mol. The molecule has 3 aromatic rings. The first kappa shape index (κ1) is 22.1. The number of nitro groups is 1. The van der Waals surface area contributed by atoms with Gasteiger partial charge in [0.1, 0.15) is 5.69 Å². The van der Waals surface area contributed by atoms with Gasteiger partial charge in [0, 0.05) is 60.7 Å². The largest absolute Gasteiger partial charge is 0.441 e. The van der Waals surface area contributed by atoms with Gasteiger partial charge in [0.25, 0.3) is 5.69 Å². The molecule has 1 aliphatic heterocycles. The highest BCUT2D eigenvalue weighted by Crippen LogP contribution is 2.31. The Labute approximate surface area is 194 Å². The van der Waals surface area contributed by atoms with Gasteiger partial charge in [-0.1, -0.05) is 23.2 Å². The molecule has 10 heteroatoms. The van der Waals surface area contributed by atoms with Crippen LogP contribution in [0.5, 0.6) is 0 Å². The van der Waals surface area contributed by atoms with Gasteiger partial charge in [-0.05, 0) is 36.4 Å². The van der Waals surface area contributed by atoms with Gasteiger partial charge < -0.3 is 14.2 Å². The molecule has 1 aromatic heterocycles. The molecule has 0 N–H and O–H groups in total. The predicted octanol–water partition coefficient (Wildman–Crippen LogP) is 4.84. The summed E-state index contributed by atoms with van der Waals surface area (Å²) in [6.45, 7) is 1.99. The number of hydrogen-bond acceptors (Lipinski definition) is 6. The Morgan fingerprint density at radius 1 is 1.06 bits per heavy atom. The second-order valence-corrected chi connectivity index (χ2v) is 8.26. The average molecular weight is 475 g/mol. The molecule has 2 heterocycles. The smallest absolute Gasteiger partial charge is 0.294 e. The lowest BCUT2D eigenvalue weighted by Gasteiger charge is -2.35. The molecule has 0 bridgehead atoms. The number of anilines is 1. The van der Waals surface area contributed by atoms with E-state index in [2.05, 4.69) is 4.98 Å². The van der Waals surface area contributed by atoms with E-state index in [1.165, 1.54) is 6.07 Å². The van der Waals surface area contributed by atoms with Crippen molar-refractivity contribution in [1.29, 1.82) is 0 Å². The normalized spacial score (nSPS) is 13.9. The van der Waals surface area contributed by atoms with E-state index in [4.69, 9.17) is 27.6 Å². The third-order valence-corrected chi connectivity index (χ3v) is 5.83. The molecule has 1 aliphatic rings. The summed E-state index contributed by atoms with van der Waals surface area (Å²) in [5.74, 6) is 1.13. The number of aryl methyl sites for hydroxylation is 1. The Balaban J connectivity index is 1.31. The van der Waals surface area contributed by atoms with Crippen molar-refractivity contribution in [2.45, 2.75) is 12.8 Å². The molecule has 2 aromatic carbocycles. The number of piperazine rings is 1. The lowest BCUT2D eigenvalue weighted by Crippen LogP contribution is -2.49. The number of benzene rings is 2. The molecule has 0 spiro atoms. The van der Waals surface area contributed by atoms with Gasteiger partial charge in [0.2, 0.25) is 5.91 Å². The van der Waals surface area contributed by atoms with E-state index in [9.17, 15) is 14.9 Å². The van der Waals surface area contributed by atoms with E-state index < -0.39 is 4.92 Å². The van der Waals surface area contributed by atoms with Crippen LogP contribution >= 0.6 is 23.2 Å². The van der Waals surface area contributed by atoms with Crippen LogP contribution in [-0.2, 0) is 11.2 Å². The van der Waals surface area contributed by atoms with E-state index in [1.807, 2.05) is 17.0 Å². The molecule has 4 rings (SSSR count). The van der Waals surface area contributed by atoms with Crippen LogP contribution in [-0.4, -0.2) is 46.9 Å². The highest BCUT2D eigenvalue weighted by Gasteiger charge is 2.26. The summed E-state index contributed by atoms with van der Waals surface area (Å²) in [5, 5.41) is 12.3. The molecule has 1 amide bonds. The topological polar surface area (TPSA) is 92.7 Å². The van der Waals surface area contributed by atoms with E-state index in [0.29, 0.717) is 60.0 Å². The summed E-state index contributed by atoms with van der Waals surface area (Å²) < 4.78 is 5.76. The minimum absolute atomic E-state index is 0.00139. The maximum Gasteiger partial charge on any atom is 0.294 e. The fourth-order valence-corrected chi connectivity index (χ4v) is 3.94. The van der Waals surface area contributed by atoms with E-state index in [-0.39, 0.29) is 18.0 Å². The number of oxazole rings is 1. The molecule has 1 fully saturated rings. The quantitative estimate of drug-likeness (QED) is 0.374. The maximum absolute atomic E-state index is 12.6. The molecule has 32 heavy (non-hydrogen) atoms. The number of rotatable bonds is 6. The van der Waals surface area contributed by atoms with Crippen molar-refractivity contribution in [1.82, 2.24) is 9.88 Å². The fourth-order valence-electron chi connectivity index (χ4n) is 3.65. The fraction of sp³-hybridized carbons (Fsp3) is 0.273. The molecule has 1 saturated heterocycles. The van der Waals surface area contributed by atoms with Gasteiger partial charge >= 0.3 is 0 Å². The molecule has 0 radical (unpaired) electrons. The van der Waals surface area contributed by atoms with Gasteiger partial charge in [0.05, 0.1) is 11.1 Å². The van der Waals surface area contributed by atoms with Gasteiger partial charge in [-0.15, -0.1) is 0 Å². The van der Waals surface area contributed by atoms with Crippen LogP contribution in [0.1, 0.15) is 12.3 Å². The van der Waals surface area contributed by atoms with Crippen LogP contribution in [0.4, 0.5) is 11.4 Å². The van der Waals surface area contributed by atoms with Gasteiger partial charge in [0.15, 0.2) is 11.7 Å². The number of nitrogens with zero attached hydrogens (tertiary/aromatic N) is 4. The molecule has 0 atom stereocenters.